The summed E-state index contributed by atoms with van der Waals surface area (Å²) >= 11 is 0. The molecule has 0 radical (unpaired) electrons. The third-order valence-corrected chi connectivity index (χ3v) is 1.86. The minimum atomic E-state index is -1.19. The van der Waals surface area contributed by atoms with Gasteiger partial charge in [-0.15, -0.1) is 0 Å². The van der Waals surface area contributed by atoms with Crippen LogP contribution in [0.3, 0.4) is 0 Å². The Morgan fingerprint density at radius 1 is 1.62 bits per heavy atom. The lowest BCUT2D eigenvalue weighted by Gasteiger charge is -2.29. The van der Waals surface area contributed by atoms with Crippen LogP contribution < -0.4 is 0 Å². The van der Waals surface area contributed by atoms with E-state index in [2.05, 4.69) is 0 Å². The number of ether oxygens (including phenoxy) is 1. The van der Waals surface area contributed by atoms with E-state index in [9.17, 15) is 15.0 Å². The molecule has 0 unspecified atom stereocenters. The lowest BCUT2D eigenvalue weighted by Crippen LogP contribution is -2.44. The van der Waals surface area contributed by atoms with Crippen LogP contribution in [0.25, 0.3) is 0 Å². The van der Waals surface area contributed by atoms with Crippen LogP contribution in [-0.2, 0) is 9.53 Å². The monoisotopic (exact) mass is 188 g/mol. The van der Waals surface area contributed by atoms with E-state index < -0.39 is 24.9 Å². The molecule has 3 atom stereocenters. The fourth-order valence-electron chi connectivity index (χ4n) is 1.09. The van der Waals surface area contributed by atoms with Gasteiger partial charge >= 0.3 is 0 Å². The topological polar surface area (TPSA) is 87.0 Å². The molecule has 1 aliphatic heterocycles. The summed E-state index contributed by atoms with van der Waals surface area (Å²) in [5.74, 6) is -0.360. The second-order valence-corrected chi connectivity index (χ2v) is 2.91. The van der Waals surface area contributed by atoms with Crippen LogP contribution in [0.2, 0.25) is 0 Å². The van der Waals surface area contributed by atoms with Crippen LogP contribution in [0.5, 0.6) is 0 Å². The number of allylic oxidation sites excluding steroid dienone is 1. The molecule has 1 heterocycles. The SMILES string of the molecule is CC(=O)C1=C[C@@H](O)[C@H](O)[C@@H](CO)O1. The van der Waals surface area contributed by atoms with Crippen LogP contribution >= 0.6 is 0 Å². The van der Waals surface area contributed by atoms with Gasteiger partial charge in [-0.05, 0) is 6.08 Å². The molecule has 0 fully saturated rings. The summed E-state index contributed by atoms with van der Waals surface area (Å²) in [6, 6.07) is 0. The van der Waals surface area contributed by atoms with Gasteiger partial charge in [0.2, 0.25) is 0 Å². The quantitative estimate of drug-likeness (QED) is 0.494. The molecule has 0 amide bonds. The zero-order valence-corrected chi connectivity index (χ0v) is 7.17. The van der Waals surface area contributed by atoms with Gasteiger partial charge in [0.15, 0.2) is 17.6 Å². The van der Waals surface area contributed by atoms with Gasteiger partial charge < -0.3 is 20.1 Å². The van der Waals surface area contributed by atoms with Crippen LogP contribution in [0.1, 0.15) is 6.92 Å². The first-order valence-corrected chi connectivity index (χ1v) is 3.92. The highest BCUT2D eigenvalue weighted by Gasteiger charge is 2.32. The molecule has 0 spiro atoms. The van der Waals surface area contributed by atoms with Crippen molar-refractivity contribution in [3.63, 3.8) is 0 Å². The lowest BCUT2D eigenvalue weighted by molar-refractivity contribution is -0.127. The number of Topliss-reactive ketones (excluding diaryl/α,β-unsaturated/α-hetero) is 1. The van der Waals surface area contributed by atoms with Crippen molar-refractivity contribution in [2.75, 3.05) is 6.61 Å². The summed E-state index contributed by atoms with van der Waals surface area (Å²) in [7, 11) is 0. The number of hydrogen-bond donors (Lipinski definition) is 3. The first-order valence-electron chi connectivity index (χ1n) is 3.92. The summed E-state index contributed by atoms with van der Waals surface area (Å²) < 4.78 is 4.93. The minimum absolute atomic E-state index is 0.0168. The van der Waals surface area contributed by atoms with E-state index in [0.717, 1.165) is 6.08 Å². The molecule has 13 heavy (non-hydrogen) atoms. The van der Waals surface area contributed by atoms with Gasteiger partial charge in [-0.2, -0.15) is 0 Å². The Bertz CT molecular complexity index is 235. The normalized spacial score (nSPS) is 33.5. The van der Waals surface area contributed by atoms with Crippen molar-refractivity contribution in [1.29, 1.82) is 0 Å². The maximum absolute atomic E-state index is 10.8. The van der Waals surface area contributed by atoms with Crippen molar-refractivity contribution in [3.05, 3.63) is 11.8 Å². The number of ketones is 1. The van der Waals surface area contributed by atoms with Crippen molar-refractivity contribution in [3.8, 4) is 0 Å². The Balaban J connectivity index is 2.81. The van der Waals surface area contributed by atoms with Gasteiger partial charge in [0, 0.05) is 6.92 Å². The average molecular weight is 188 g/mol. The van der Waals surface area contributed by atoms with Gasteiger partial charge in [0.05, 0.1) is 6.61 Å². The molecular weight excluding hydrogens is 176 g/mol. The van der Waals surface area contributed by atoms with Crippen LogP contribution in [0.4, 0.5) is 0 Å². The van der Waals surface area contributed by atoms with E-state index in [0.29, 0.717) is 0 Å². The zero-order chi connectivity index (χ0) is 10.0. The van der Waals surface area contributed by atoms with E-state index >= 15 is 0 Å². The first kappa shape index (κ1) is 10.2. The molecule has 0 bridgehead atoms. The van der Waals surface area contributed by atoms with Crippen molar-refractivity contribution in [2.45, 2.75) is 25.2 Å². The van der Waals surface area contributed by atoms with Gasteiger partial charge in [-0.25, -0.2) is 0 Å². The van der Waals surface area contributed by atoms with Crippen molar-refractivity contribution >= 4 is 5.78 Å². The smallest absolute Gasteiger partial charge is 0.194 e. The molecule has 74 valence electrons. The van der Waals surface area contributed by atoms with E-state index in [1.165, 1.54) is 6.92 Å². The van der Waals surface area contributed by atoms with Gasteiger partial charge in [-0.1, -0.05) is 0 Å². The molecule has 5 heteroatoms. The molecule has 0 aromatic carbocycles. The summed E-state index contributed by atoms with van der Waals surface area (Å²) in [6.07, 6.45) is -2.14. The molecular formula is C8H12O5. The van der Waals surface area contributed by atoms with Gasteiger partial charge in [0.1, 0.15) is 12.2 Å². The third-order valence-electron chi connectivity index (χ3n) is 1.86. The number of carbonyl (C=O) groups is 1. The Kier molecular flexibility index (Phi) is 3.02. The van der Waals surface area contributed by atoms with Crippen LogP contribution in [0.15, 0.2) is 11.8 Å². The highest BCUT2D eigenvalue weighted by molar-refractivity contribution is 5.91. The van der Waals surface area contributed by atoms with Gasteiger partial charge in [0.25, 0.3) is 0 Å². The van der Waals surface area contributed by atoms with Crippen molar-refractivity contribution in [2.24, 2.45) is 0 Å². The van der Waals surface area contributed by atoms with Crippen molar-refractivity contribution < 1.29 is 24.9 Å². The highest BCUT2D eigenvalue weighted by Crippen LogP contribution is 2.18. The van der Waals surface area contributed by atoms with E-state index in [-0.39, 0.29) is 11.5 Å². The van der Waals surface area contributed by atoms with E-state index in [4.69, 9.17) is 9.84 Å². The number of carbonyl (C=O) groups excluding carboxylic acids is 1. The molecule has 5 nitrogen and oxygen atoms in total. The molecule has 0 aromatic rings. The predicted octanol–water partition coefficient (Wildman–Crippen LogP) is -1.43. The second kappa shape index (κ2) is 3.87. The number of aliphatic hydroxyl groups excluding tert-OH is 3. The number of aliphatic hydroxyl groups is 3. The van der Waals surface area contributed by atoms with Crippen molar-refractivity contribution in [1.82, 2.24) is 0 Å². The van der Waals surface area contributed by atoms with E-state index in [1.54, 1.807) is 0 Å². The van der Waals surface area contributed by atoms with Gasteiger partial charge in [-0.3, -0.25) is 4.79 Å². The zero-order valence-electron chi connectivity index (χ0n) is 7.17. The molecule has 0 saturated heterocycles. The minimum Gasteiger partial charge on any atom is -0.482 e. The Hall–Kier alpha value is -0.910. The molecule has 0 aliphatic carbocycles. The van der Waals surface area contributed by atoms with E-state index in [1.807, 2.05) is 0 Å². The summed E-state index contributed by atoms with van der Waals surface area (Å²) in [6.45, 7) is 0.841. The Morgan fingerprint density at radius 2 is 2.23 bits per heavy atom. The third kappa shape index (κ3) is 2.06. The predicted molar refractivity (Wildman–Crippen MR) is 42.7 cm³/mol. The first-order chi connectivity index (χ1) is 6.06. The maximum atomic E-state index is 10.8. The molecule has 1 aliphatic rings. The summed E-state index contributed by atoms with van der Waals surface area (Å²) in [5, 5.41) is 27.2. The highest BCUT2D eigenvalue weighted by atomic mass is 16.5. The maximum Gasteiger partial charge on any atom is 0.194 e. The standard InChI is InChI=1S/C8H12O5/c1-4(10)6-2-5(11)8(12)7(3-9)13-6/h2,5,7-9,11-12H,3H2,1H3/t5-,7-,8+/m1/s1. The molecule has 0 aromatic heterocycles. The summed E-state index contributed by atoms with van der Waals surface area (Å²) in [4.78, 5) is 10.8. The molecule has 1 rings (SSSR count). The molecule has 0 saturated carbocycles. The fourth-order valence-corrected chi connectivity index (χ4v) is 1.09. The second-order valence-electron chi connectivity index (χ2n) is 2.91. The fraction of sp³-hybridized carbons (Fsp3) is 0.625. The summed E-state index contributed by atoms with van der Waals surface area (Å²) in [5.41, 5.74) is 0. The number of hydrogen-bond acceptors (Lipinski definition) is 5. The Labute approximate surface area is 75.3 Å². The van der Waals surface area contributed by atoms with Crippen LogP contribution in [-0.4, -0.2) is 46.0 Å². The Morgan fingerprint density at radius 3 is 2.69 bits per heavy atom. The average Bonchev–Trinajstić information content (AvgIpc) is 2.09. The lowest BCUT2D eigenvalue weighted by atomic mass is 10.0. The number of rotatable bonds is 2. The largest absolute Gasteiger partial charge is 0.482 e. The van der Waals surface area contributed by atoms with Crippen LogP contribution in [0, 0.1) is 0 Å². The molecule has 3 N–H and O–H groups in total.